The zero-order valence-corrected chi connectivity index (χ0v) is 10.4. The van der Waals surface area contributed by atoms with Gasteiger partial charge in [-0.05, 0) is 12.1 Å². The van der Waals surface area contributed by atoms with Crippen LogP contribution in [-0.4, -0.2) is 20.5 Å². The second-order valence-corrected chi connectivity index (χ2v) is 4.34. The van der Waals surface area contributed by atoms with Gasteiger partial charge >= 0.3 is 0 Å². The highest BCUT2D eigenvalue weighted by atomic mass is 35.5. The number of carbonyl (C=O) groups is 1. The normalized spacial score (nSPS) is 10.8. The van der Waals surface area contributed by atoms with Crippen molar-refractivity contribution in [2.45, 2.75) is 0 Å². The molecule has 19 heavy (non-hydrogen) atoms. The first-order valence-electron chi connectivity index (χ1n) is 5.52. The zero-order chi connectivity index (χ0) is 13.4. The van der Waals surface area contributed by atoms with Crippen molar-refractivity contribution in [3.8, 4) is 5.69 Å². The Morgan fingerprint density at radius 3 is 2.63 bits per heavy atom. The summed E-state index contributed by atoms with van der Waals surface area (Å²) in [5.74, 6) is 0. The molecule has 0 unspecified atom stereocenters. The number of para-hydroxylation sites is 1. The molecular formula is C13H8ClN3O2. The maximum atomic E-state index is 12.4. The van der Waals surface area contributed by atoms with Crippen molar-refractivity contribution in [2.24, 2.45) is 0 Å². The molecule has 2 heterocycles. The molecule has 0 saturated carbocycles. The summed E-state index contributed by atoms with van der Waals surface area (Å²) in [6.45, 7) is 0. The Kier molecular flexibility index (Phi) is 2.68. The van der Waals surface area contributed by atoms with Gasteiger partial charge in [-0.3, -0.25) is 14.2 Å². The fourth-order valence-corrected chi connectivity index (χ4v) is 2.18. The van der Waals surface area contributed by atoms with Crippen LogP contribution >= 0.6 is 11.6 Å². The molecule has 0 N–H and O–H groups in total. The molecule has 6 heteroatoms. The summed E-state index contributed by atoms with van der Waals surface area (Å²) in [5, 5.41) is 4.19. The molecule has 2 aromatic heterocycles. The number of rotatable bonds is 2. The quantitative estimate of drug-likeness (QED) is 0.671. The third-order valence-electron chi connectivity index (χ3n) is 2.80. The summed E-state index contributed by atoms with van der Waals surface area (Å²) in [4.78, 5) is 23.6. The van der Waals surface area contributed by atoms with Crippen molar-refractivity contribution in [3.05, 3.63) is 63.8 Å². The standard InChI is InChI=1S/C13H8ClN3O2/c14-11-6-15-16-7-10(8-18)17(13(19)12(11)16)9-4-2-1-3-5-9/h1-8H. The lowest BCUT2D eigenvalue weighted by Gasteiger charge is -2.09. The minimum absolute atomic E-state index is 0.212. The van der Waals surface area contributed by atoms with Gasteiger partial charge in [-0.25, -0.2) is 4.52 Å². The number of aromatic nitrogens is 3. The average molecular weight is 274 g/mol. The van der Waals surface area contributed by atoms with E-state index in [1.165, 1.54) is 21.5 Å². The predicted molar refractivity (Wildman–Crippen MR) is 71.2 cm³/mol. The number of carbonyl (C=O) groups excluding carboxylic acids is 1. The molecule has 0 spiro atoms. The number of fused-ring (bicyclic) bond motifs is 1. The highest BCUT2D eigenvalue weighted by Crippen LogP contribution is 2.15. The molecule has 94 valence electrons. The molecule has 0 radical (unpaired) electrons. The van der Waals surface area contributed by atoms with Gasteiger partial charge in [-0.15, -0.1) is 0 Å². The molecular weight excluding hydrogens is 266 g/mol. The van der Waals surface area contributed by atoms with Crippen LogP contribution in [0.2, 0.25) is 5.02 Å². The fraction of sp³-hybridized carbons (Fsp3) is 0. The number of hydrogen-bond acceptors (Lipinski definition) is 3. The molecule has 5 nitrogen and oxygen atoms in total. The van der Waals surface area contributed by atoms with E-state index in [9.17, 15) is 9.59 Å². The second kappa shape index (κ2) is 4.37. The van der Waals surface area contributed by atoms with Crippen molar-refractivity contribution in [1.82, 2.24) is 14.2 Å². The van der Waals surface area contributed by atoms with Crippen molar-refractivity contribution >= 4 is 23.4 Å². The van der Waals surface area contributed by atoms with Crippen LogP contribution in [0, 0.1) is 0 Å². The number of hydrogen-bond donors (Lipinski definition) is 0. The summed E-state index contributed by atoms with van der Waals surface area (Å²) in [6, 6.07) is 8.90. The van der Waals surface area contributed by atoms with Crippen LogP contribution < -0.4 is 5.56 Å². The van der Waals surface area contributed by atoms with Crippen LogP contribution in [0.25, 0.3) is 11.2 Å². The third kappa shape index (κ3) is 1.75. The lowest BCUT2D eigenvalue weighted by atomic mass is 10.3. The van der Waals surface area contributed by atoms with E-state index in [0.29, 0.717) is 12.0 Å². The predicted octanol–water partition coefficient (Wildman–Crippen LogP) is 1.95. The van der Waals surface area contributed by atoms with E-state index in [2.05, 4.69) is 5.10 Å². The van der Waals surface area contributed by atoms with Crippen molar-refractivity contribution < 1.29 is 4.79 Å². The number of aldehydes is 1. The molecule has 3 aromatic rings. The number of nitrogens with zero attached hydrogens (tertiary/aromatic N) is 3. The van der Waals surface area contributed by atoms with Crippen LogP contribution in [0.3, 0.4) is 0 Å². The molecule has 0 amide bonds. The summed E-state index contributed by atoms with van der Waals surface area (Å²) in [6.07, 6.45) is 3.47. The highest BCUT2D eigenvalue weighted by Gasteiger charge is 2.14. The summed E-state index contributed by atoms with van der Waals surface area (Å²) >= 11 is 5.95. The van der Waals surface area contributed by atoms with Crippen LogP contribution in [0.5, 0.6) is 0 Å². The SMILES string of the molecule is O=Cc1cn2ncc(Cl)c2c(=O)n1-c1ccccc1. The maximum absolute atomic E-state index is 12.4. The van der Waals surface area contributed by atoms with Gasteiger partial charge in [0.05, 0.1) is 17.4 Å². The Morgan fingerprint density at radius 1 is 1.21 bits per heavy atom. The lowest BCUT2D eigenvalue weighted by Crippen LogP contribution is -2.24. The monoisotopic (exact) mass is 273 g/mol. The van der Waals surface area contributed by atoms with Gasteiger partial charge in [0.15, 0.2) is 11.8 Å². The van der Waals surface area contributed by atoms with Gasteiger partial charge in [-0.1, -0.05) is 29.8 Å². The van der Waals surface area contributed by atoms with Gasteiger partial charge < -0.3 is 0 Å². The van der Waals surface area contributed by atoms with Gasteiger partial charge in [0, 0.05) is 5.69 Å². The van der Waals surface area contributed by atoms with E-state index in [0.717, 1.165) is 0 Å². The summed E-state index contributed by atoms with van der Waals surface area (Å²) in [5.41, 5.74) is 0.687. The molecule has 0 aliphatic rings. The minimum Gasteiger partial charge on any atom is -0.296 e. The molecule has 0 atom stereocenters. The molecule has 0 aliphatic carbocycles. The number of halogens is 1. The molecule has 0 saturated heterocycles. The van der Waals surface area contributed by atoms with Crippen molar-refractivity contribution in [1.29, 1.82) is 0 Å². The fourth-order valence-electron chi connectivity index (χ4n) is 1.97. The first kappa shape index (κ1) is 11.7. The maximum Gasteiger partial charge on any atom is 0.283 e. The van der Waals surface area contributed by atoms with Crippen LogP contribution in [0.1, 0.15) is 10.5 Å². The van der Waals surface area contributed by atoms with Crippen molar-refractivity contribution in [3.63, 3.8) is 0 Å². The first-order valence-corrected chi connectivity index (χ1v) is 5.89. The van der Waals surface area contributed by atoms with Crippen molar-refractivity contribution in [2.75, 3.05) is 0 Å². The Labute approximate surface area is 112 Å². The molecule has 0 aliphatic heterocycles. The summed E-state index contributed by atoms with van der Waals surface area (Å²) in [7, 11) is 0. The summed E-state index contributed by atoms with van der Waals surface area (Å²) < 4.78 is 2.63. The van der Waals surface area contributed by atoms with Crippen LogP contribution in [-0.2, 0) is 0 Å². The molecule has 3 rings (SSSR count). The topological polar surface area (TPSA) is 56.4 Å². The van der Waals surface area contributed by atoms with E-state index in [1.807, 2.05) is 6.07 Å². The Morgan fingerprint density at radius 2 is 1.95 bits per heavy atom. The minimum atomic E-state index is -0.377. The van der Waals surface area contributed by atoms with E-state index in [-0.39, 0.29) is 21.8 Å². The zero-order valence-electron chi connectivity index (χ0n) is 9.65. The van der Waals surface area contributed by atoms with Gasteiger partial charge in [0.1, 0.15) is 5.69 Å². The number of benzene rings is 1. The largest absolute Gasteiger partial charge is 0.296 e. The van der Waals surface area contributed by atoms with Gasteiger partial charge in [0.25, 0.3) is 5.56 Å². The van der Waals surface area contributed by atoms with E-state index in [4.69, 9.17) is 11.6 Å². The van der Waals surface area contributed by atoms with Gasteiger partial charge in [0.2, 0.25) is 0 Å². The van der Waals surface area contributed by atoms with E-state index >= 15 is 0 Å². The highest BCUT2D eigenvalue weighted by molar-refractivity contribution is 6.33. The average Bonchev–Trinajstić information content (AvgIpc) is 2.81. The first-order chi connectivity index (χ1) is 9.22. The molecule has 1 aromatic carbocycles. The second-order valence-electron chi connectivity index (χ2n) is 3.93. The van der Waals surface area contributed by atoms with Crippen LogP contribution in [0.4, 0.5) is 0 Å². The van der Waals surface area contributed by atoms with E-state index in [1.54, 1.807) is 24.3 Å². The smallest absolute Gasteiger partial charge is 0.283 e. The Hall–Kier alpha value is -2.40. The van der Waals surface area contributed by atoms with Gasteiger partial charge in [-0.2, -0.15) is 5.10 Å². The molecule has 0 bridgehead atoms. The Balaban J connectivity index is 2.46. The molecule has 0 fully saturated rings. The van der Waals surface area contributed by atoms with Crippen LogP contribution in [0.15, 0.2) is 47.5 Å². The third-order valence-corrected chi connectivity index (χ3v) is 3.08. The Bertz CT molecular complexity index is 821. The van der Waals surface area contributed by atoms with E-state index < -0.39 is 0 Å². The lowest BCUT2D eigenvalue weighted by molar-refractivity contribution is 0.111.